The molecule has 8 heteroatoms. The molecule has 2 heterocycles. The Labute approximate surface area is 215 Å². The Bertz CT molecular complexity index is 1170. The van der Waals surface area contributed by atoms with Gasteiger partial charge in [-0.1, -0.05) is 67.0 Å². The molecule has 0 aliphatic carbocycles. The summed E-state index contributed by atoms with van der Waals surface area (Å²) in [5.74, 6) is 1.37. The third kappa shape index (κ3) is 5.14. The minimum atomic E-state index is 0.141. The van der Waals surface area contributed by atoms with Crippen molar-refractivity contribution in [2.75, 3.05) is 5.75 Å². The van der Waals surface area contributed by atoms with Crippen molar-refractivity contribution in [2.45, 2.75) is 70.1 Å². The summed E-state index contributed by atoms with van der Waals surface area (Å²) in [5.41, 5.74) is 2.90. The quantitative estimate of drug-likeness (QED) is 0.323. The summed E-state index contributed by atoms with van der Waals surface area (Å²) in [4.78, 5) is 15.2. The first kappa shape index (κ1) is 25.1. The van der Waals surface area contributed by atoms with Crippen LogP contribution in [0, 0.1) is 0 Å². The van der Waals surface area contributed by atoms with Crippen LogP contribution in [0.5, 0.6) is 0 Å². The summed E-state index contributed by atoms with van der Waals surface area (Å²) >= 11 is 14.1. The SMILES string of the molecule is CC(C)c1ccccc1-n1c(SCC(=O)N2C(C)CCCC2C)nnc1-c1ccc(Cl)cc1Cl. The zero-order valence-corrected chi connectivity index (χ0v) is 22.3. The fraction of sp³-hybridized carbons (Fsp3) is 0.423. The Morgan fingerprint density at radius 2 is 1.79 bits per heavy atom. The van der Waals surface area contributed by atoms with E-state index >= 15 is 0 Å². The number of likely N-dealkylation sites (tertiary alicyclic amines) is 1. The van der Waals surface area contributed by atoms with Gasteiger partial charge in [-0.15, -0.1) is 10.2 Å². The lowest BCUT2D eigenvalue weighted by Crippen LogP contribution is -2.48. The standard InChI is InChI=1S/C26H30Cl2N4OS/c1-16(2)20-10-5-6-11-23(20)32-25(21-13-12-19(27)14-22(21)28)29-30-26(32)34-15-24(33)31-17(3)8-7-9-18(31)4/h5-6,10-14,16-18H,7-9,15H2,1-4H3. The minimum absolute atomic E-state index is 0.141. The molecule has 0 saturated carbocycles. The van der Waals surface area contributed by atoms with Crippen molar-refractivity contribution in [3.05, 3.63) is 58.1 Å². The fourth-order valence-electron chi connectivity index (χ4n) is 4.72. The van der Waals surface area contributed by atoms with Crippen molar-refractivity contribution in [3.8, 4) is 17.1 Å². The first-order valence-electron chi connectivity index (χ1n) is 11.7. The van der Waals surface area contributed by atoms with Crippen LogP contribution in [0.4, 0.5) is 0 Å². The Balaban J connectivity index is 1.74. The highest BCUT2D eigenvalue weighted by Crippen LogP contribution is 2.36. The topological polar surface area (TPSA) is 51.0 Å². The van der Waals surface area contributed by atoms with Gasteiger partial charge in [0.1, 0.15) is 0 Å². The van der Waals surface area contributed by atoms with Crippen molar-refractivity contribution < 1.29 is 4.79 Å². The highest BCUT2D eigenvalue weighted by Gasteiger charge is 2.29. The number of thioether (sulfide) groups is 1. The van der Waals surface area contributed by atoms with Crippen molar-refractivity contribution in [2.24, 2.45) is 0 Å². The van der Waals surface area contributed by atoms with Gasteiger partial charge in [0.05, 0.1) is 16.5 Å². The molecule has 34 heavy (non-hydrogen) atoms. The Morgan fingerprint density at radius 1 is 1.09 bits per heavy atom. The third-order valence-corrected chi connectivity index (χ3v) is 7.87. The number of piperidine rings is 1. The maximum absolute atomic E-state index is 13.2. The maximum Gasteiger partial charge on any atom is 0.233 e. The largest absolute Gasteiger partial charge is 0.337 e. The van der Waals surface area contributed by atoms with Crippen LogP contribution in [-0.2, 0) is 4.79 Å². The first-order valence-corrected chi connectivity index (χ1v) is 13.5. The molecule has 0 radical (unpaired) electrons. The number of hydrogen-bond donors (Lipinski definition) is 0. The molecule has 3 aromatic rings. The van der Waals surface area contributed by atoms with Gasteiger partial charge < -0.3 is 4.90 Å². The predicted molar refractivity (Wildman–Crippen MR) is 141 cm³/mol. The molecule has 2 atom stereocenters. The molecule has 1 saturated heterocycles. The summed E-state index contributed by atoms with van der Waals surface area (Å²) in [5, 5.41) is 10.8. The molecule has 180 valence electrons. The minimum Gasteiger partial charge on any atom is -0.337 e. The van der Waals surface area contributed by atoms with E-state index in [1.807, 2.05) is 27.7 Å². The van der Waals surface area contributed by atoms with E-state index in [1.54, 1.807) is 12.1 Å². The number of nitrogens with zero attached hydrogens (tertiary/aromatic N) is 4. The van der Waals surface area contributed by atoms with Crippen LogP contribution in [0.1, 0.15) is 58.4 Å². The number of para-hydroxylation sites is 1. The highest BCUT2D eigenvalue weighted by atomic mass is 35.5. The van der Waals surface area contributed by atoms with Crippen LogP contribution in [0.2, 0.25) is 10.0 Å². The molecule has 1 aliphatic rings. The van der Waals surface area contributed by atoms with Crippen LogP contribution in [0.3, 0.4) is 0 Å². The maximum atomic E-state index is 13.2. The summed E-state index contributed by atoms with van der Waals surface area (Å²) in [6.45, 7) is 8.60. The van der Waals surface area contributed by atoms with E-state index in [0.717, 1.165) is 24.1 Å². The van der Waals surface area contributed by atoms with Crippen molar-refractivity contribution in [1.29, 1.82) is 0 Å². The second-order valence-corrected chi connectivity index (χ2v) is 11.0. The molecule has 0 bridgehead atoms. The molecule has 1 fully saturated rings. The number of amides is 1. The van der Waals surface area contributed by atoms with E-state index < -0.39 is 0 Å². The van der Waals surface area contributed by atoms with Crippen LogP contribution in [-0.4, -0.2) is 43.4 Å². The molecule has 1 aromatic heterocycles. The van der Waals surface area contributed by atoms with Gasteiger partial charge in [-0.3, -0.25) is 9.36 Å². The number of carbonyl (C=O) groups is 1. The van der Waals surface area contributed by atoms with E-state index in [2.05, 4.69) is 50.0 Å². The number of rotatable bonds is 6. The molecule has 0 spiro atoms. The molecule has 5 nitrogen and oxygen atoms in total. The van der Waals surface area contributed by atoms with Gasteiger partial charge in [-0.05, 0) is 68.9 Å². The smallest absolute Gasteiger partial charge is 0.233 e. The summed E-state index contributed by atoms with van der Waals surface area (Å²) in [6.07, 6.45) is 3.28. The van der Waals surface area contributed by atoms with E-state index in [-0.39, 0.29) is 18.0 Å². The third-order valence-electron chi connectivity index (χ3n) is 6.41. The first-order chi connectivity index (χ1) is 16.3. The number of carbonyl (C=O) groups excluding carboxylic acids is 1. The van der Waals surface area contributed by atoms with Gasteiger partial charge in [0.25, 0.3) is 0 Å². The Hall–Kier alpha value is -2.02. The normalized spacial score (nSPS) is 18.5. The monoisotopic (exact) mass is 516 g/mol. The lowest BCUT2D eigenvalue weighted by molar-refractivity contribution is -0.134. The van der Waals surface area contributed by atoms with Gasteiger partial charge in [0.15, 0.2) is 11.0 Å². The second-order valence-electron chi connectivity index (χ2n) is 9.20. The van der Waals surface area contributed by atoms with E-state index in [9.17, 15) is 4.79 Å². The fourth-order valence-corrected chi connectivity index (χ4v) is 6.03. The molecule has 1 amide bonds. The van der Waals surface area contributed by atoms with E-state index in [1.165, 1.54) is 23.7 Å². The number of hydrogen-bond acceptors (Lipinski definition) is 4. The Morgan fingerprint density at radius 3 is 2.47 bits per heavy atom. The lowest BCUT2D eigenvalue weighted by Gasteiger charge is -2.39. The van der Waals surface area contributed by atoms with Gasteiger partial charge in [0.2, 0.25) is 5.91 Å². The van der Waals surface area contributed by atoms with Crippen LogP contribution < -0.4 is 0 Å². The number of benzene rings is 2. The average molecular weight is 518 g/mol. The zero-order chi connectivity index (χ0) is 24.4. The number of halogens is 2. The predicted octanol–water partition coefficient (Wildman–Crippen LogP) is 7.25. The van der Waals surface area contributed by atoms with Gasteiger partial charge in [-0.2, -0.15) is 0 Å². The highest BCUT2D eigenvalue weighted by molar-refractivity contribution is 7.99. The van der Waals surface area contributed by atoms with Crippen LogP contribution in [0.15, 0.2) is 47.6 Å². The van der Waals surface area contributed by atoms with E-state index in [0.29, 0.717) is 32.7 Å². The Kier molecular flexibility index (Phi) is 7.90. The number of aromatic nitrogens is 3. The van der Waals surface area contributed by atoms with Crippen LogP contribution >= 0.6 is 35.0 Å². The summed E-state index contributed by atoms with van der Waals surface area (Å²) in [6, 6.07) is 14.1. The summed E-state index contributed by atoms with van der Waals surface area (Å²) in [7, 11) is 0. The molecule has 4 rings (SSSR count). The zero-order valence-electron chi connectivity index (χ0n) is 20.0. The van der Waals surface area contributed by atoms with E-state index in [4.69, 9.17) is 23.2 Å². The van der Waals surface area contributed by atoms with Crippen LogP contribution in [0.25, 0.3) is 17.1 Å². The summed E-state index contributed by atoms with van der Waals surface area (Å²) < 4.78 is 2.02. The lowest BCUT2D eigenvalue weighted by atomic mass is 9.98. The van der Waals surface area contributed by atoms with Crippen molar-refractivity contribution >= 4 is 40.9 Å². The van der Waals surface area contributed by atoms with Gasteiger partial charge >= 0.3 is 0 Å². The van der Waals surface area contributed by atoms with Crippen molar-refractivity contribution in [1.82, 2.24) is 19.7 Å². The molecule has 1 aliphatic heterocycles. The van der Waals surface area contributed by atoms with Gasteiger partial charge in [0, 0.05) is 22.7 Å². The molecular weight excluding hydrogens is 487 g/mol. The molecule has 2 aromatic carbocycles. The average Bonchev–Trinajstić information content (AvgIpc) is 3.21. The van der Waals surface area contributed by atoms with Crippen molar-refractivity contribution in [3.63, 3.8) is 0 Å². The molecular formula is C26H30Cl2N4OS. The second kappa shape index (κ2) is 10.7. The molecule has 0 N–H and O–H groups in total. The molecule has 2 unspecified atom stereocenters. The van der Waals surface area contributed by atoms with Gasteiger partial charge in [-0.25, -0.2) is 0 Å².